The van der Waals surface area contributed by atoms with Gasteiger partial charge in [0.2, 0.25) is 5.91 Å². The van der Waals surface area contributed by atoms with Crippen molar-refractivity contribution in [3.63, 3.8) is 0 Å². The van der Waals surface area contributed by atoms with Crippen LogP contribution in [0.3, 0.4) is 0 Å². The second-order valence-electron chi connectivity index (χ2n) is 2.90. The number of amides is 1. The Morgan fingerprint density at radius 1 is 1.50 bits per heavy atom. The third-order valence-electron chi connectivity index (χ3n) is 1.68. The van der Waals surface area contributed by atoms with Gasteiger partial charge in [-0.2, -0.15) is 0 Å². The molecule has 82 valence electrons. The molecule has 0 bridgehead atoms. The Morgan fingerprint density at radius 3 is 3.06 bits per heavy atom. The highest BCUT2D eigenvalue weighted by molar-refractivity contribution is 6.29. The minimum absolute atomic E-state index is 0.0290. The second kappa shape index (κ2) is 4.67. The van der Waals surface area contributed by atoms with E-state index in [1.54, 1.807) is 18.2 Å². The molecule has 2 heterocycles. The maximum absolute atomic E-state index is 11.5. The van der Waals surface area contributed by atoms with E-state index in [0.29, 0.717) is 11.0 Å². The van der Waals surface area contributed by atoms with Crippen LogP contribution in [0, 0.1) is 0 Å². The van der Waals surface area contributed by atoms with Crippen LogP contribution in [0.25, 0.3) is 0 Å². The molecule has 1 amide bonds. The van der Waals surface area contributed by atoms with E-state index in [2.05, 4.69) is 25.8 Å². The predicted molar refractivity (Wildman–Crippen MR) is 55.7 cm³/mol. The zero-order valence-corrected chi connectivity index (χ0v) is 8.79. The molecular formula is C8H7ClN6O. The van der Waals surface area contributed by atoms with Crippen molar-refractivity contribution in [2.75, 3.05) is 5.32 Å². The van der Waals surface area contributed by atoms with E-state index < -0.39 is 0 Å². The van der Waals surface area contributed by atoms with Gasteiger partial charge in [-0.3, -0.25) is 4.79 Å². The van der Waals surface area contributed by atoms with Crippen LogP contribution in [0.1, 0.15) is 0 Å². The van der Waals surface area contributed by atoms with Gasteiger partial charge >= 0.3 is 0 Å². The number of tetrazole rings is 1. The number of nitrogens with zero attached hydrogens (tertiary/aromatic N) is 5. The average molecular weight is 239 g/mol. The molecule has 0 aromatic carbocycles. The summed E-state index contributed by atoms with van der Waals surface area (Å²) in [6.07, 6.45) is 1.35. The van der Waals surface area contributed by atoms with Crippen LogP contribution < -0.4 is 5.32 Å². The SMILES string of the molecule is O=C(Cn1cnnn1)Nc1cccc(Cl)n1. The minimum atomic E-state index is -0.276. The Morgan fingerprint density at radius 2 is 2.38 bits per heavy atom. The number of carbonyl (C=O) groups is 1. The van der Waals surface area contributed by atoms with Crippen LogP contribution in [0.4, 0.5) is 5.82 Å². The Kier molecular flexibility index (Phi) is 3.06. The zero-order chi connectivity index (χ0) is 11.4. The highest BCUT2D eigenvalue weighted by Crippen LogP contribution is 2.08. The molecule has 1 N–H and O–H groups in total. The van der Waals surface area contributed by atoms with Gasteiger partial charge in [0.1, 0.15) is 23.8 Å². The summed E-state index contributed by atoms with van der Waals surface area (Å²) in [7, 11) is 0. The lowest BCUT2D eigenvalue weighted by molar-refractivity contribution is -0.116. The summed E-state index contributed by atoms with van der Waals surface area (Å²) < 4.78 is 1.31. The summed E-state index contributed by atoms with van der Waals surface area (Å²) in [6, 6.07) is 4.96. The molecule has 0 radical (unpaired) electrons. The fourth-order valence-corrected chi connectivity index (χ4v) is 1.22. The molecule has 0 aliphatic carbocycles. The first-order valence-electron chi connectivity index (χ1n) is 4.37. The number of nitrogens with one attached hydrogen (secondary N) is 1. The average Bonchev–Trinajstić information content (AvgIpc) is 2.70. The van der Waals surface area contributed by atoms with Gasteiger partial charge in [0, 0.05) is 0 Å². The van der Waals surface area contributed by atoms with Gasteiger partial charge in [0.15, 0.2) is 0 Å². The lowest BCUT2D eigenvalue weighted by Gasteiger charge is -2.03. The van der Waals surface area contributed by atoms with Crippen molar-refractivity contribution in [2.45, 2.75) is 6.54 Å². The van der Waals surface area contributed by atoms with E-state index in [1.807, 2.05) is 0 Å². The molecule has 2 rings (SSSR count). The number of rotatable bonds is 3. The molecule has 0 atom stereocenters. The molecule has 0 aliphatic rings. The van der Waals surface area contributed by atoms with Crippen LogP contribution in [0.5, 0.6) is 0 Å². The standard InChI is InChI=1S/C8H7ClN6O/c9-6-2-1-3-7(11-6)12-8(16)4-15-5-10-13-14-15/h1-3,5H,4H2,(H,11,12,16). The van der Waals surface area contributed by atoms with Crippen molar-refractivity contribution in [3.05, 3.63) is 29.7 Å². The monoisotopic (exact) mass is 238 g/mol. The first kappa shape index (κ1) is 10.5. The van der Waals surface area contributed by atoms with E-state index in [0.717, 1.165) is 0 Å². The van der Waals surface area contributed by atoms with Gasteiger partial charge in [-0.25, -0.2) is 9.67 Å². The molecule has 0 spiro atoms. The summed E-state index contributed by atoms with van der Waals surface area (Å²) in [5.74, 6) is 0.118. The maximum atomic E-state index is 11.5. The number of pyridine rings is 1. The van der Waals surface area contributed by atoms with Gasteiger partial charge in [0.25, 0.3) is 0 Å². The summed E-state index contributed by atoms with van der Waals surface area (Å²) in [4.78, 5) is 15.4. The van der Waals surface area contributed by atoms with Gasteiger partial charge in [0.05, 0.1) is 0 Å². The molecule has 16 heavy (non-hydrogen) atoms. The molecule has 0 fully saturated rings. The quantitative estimate of drug-likeness (QED) is 0.781. The van der Waals surface area contributed by atoms with Gasteiger partial charge < -0.3 is 5.32 Å². The molecule has 2 aromatic heterocycles. The van der Waals surface area contributed by atoms with Crippen molar-refractivity contribution in [1.29, 1.82) is 0 Å². The topological polar surface area (TPSA) is 85.6 Å². The molecule has 7 nitrogen and oxygen atoms in total. The van der Waals surface area contributed by atoms with E-state index in [4.69, 9.17) is 11.6 Å². The molecule has 8 heteroatoms. The van der Waals surface area contributed by atoms with Crippen LogP contribution in [0.2, 0.25) is 5.15 Å². The molecule has 0 unspecified atom stereocenters. The fraction of sp³-hybridized carbons (Fsp3) is 0.125. The highest BCUT2D eigenvalue weighted by atomic mass is 35.5. The van der Waals surface area contributed by atoms with Gasteiger partial charge in [-0.15, -0.1) is 5.10 Å². The maximum Gasteiger partial charge on any atom is 0.247 e. The number of carbonyl (C=O) groups excluding carboxylic acids is 1. The highest BCUT2D eigenvalue weighted by Gasteiger charge is 2.05. The normalized spacial score (nSPS) is 10.1. The van der Waals surface area contributed by atoms with Crippen LogP contribution in [-0.2, 0) is 11.3 Å². The first-order valence-corrected chi connectivity index (χ1v) is 4.75. The lowest BCUT2D eigenvalue weighted by atomic mass is 10.4. The molecule has 2 aromatic rings. The summed E-state index contributed by atoms with van der Waals surface area (Å²) in [5, 5.41) is 13.3. The van der Waals surface area contributed by atoms with E-state index >= 15 is 0 Å². The number of hydrogen-bond donors (Lipinski definition) is 1. The predicted octanol–water partition coefficient (Wildman–Crippen LogP) is 0.360. The van der Waals surface area contributed by atoms with Crippen molar-refractivity contribution >= 4 is 23.3 Å². The molecular weight excluding hydrogens is 232 g/mol. The molecule has 0 saturated carbocycles. The van der Waals surface area contributed by atoms with Gasteiger partial charge in [-0.05, 0) is 22.6 Å². The second-order valence-corrected chi connectivity index (χ2v) is 3.29. The Balaban J connectivity index is 1.97. The van der Waals surface area contributed by atoms with Crippen molar-refractivity contribution < 1.29 is 4.79 Å². The van der Waals surface area contributed by atoms with Crippen molar-refractivity contribution in [3.8, 4) is 0 Å². The Labute approximate surface area is 95.4 Å². The Hall–Kier alpha value is -2.02. The summed E-state index contributed by atoms with van der Waals surface area (Å²) in [6.45, 7) is 0.0290. The van der Waals surface area contributed by atoms with E-state index in [-0.39, 0.29) is 12.5 Å². The molecule has 0 aliphatic heterocycles. The minimum Gasteiger partial charge on any atom is -0.309 e. The van der Waals surface area contributed by atoms with Crippen LogP contribution >= 0.6 is 11.6 Å². The number of anilines is 1. The lowest BCUT2D eigenvalue weighted by Crippen LogP contribution is -2.19. The third-order valence-corrected chi connectivity index (χ3v) is 1.89. The zero-order valence-electron chi connectivity index (χ0n) is 8.04. The third kappa shape index (κ3) is 2.74. The van der Waals surface area contributed by atoms with Crippen LogP contribution in [-0.4, -0.2) is 31.1 Å². The van der Waals surface area contributed by atoms with Crippen molar-refractivity contribution in [1.82, 2.24) is 25.2 Å². The molecule has 0 saturated heterocycles. The summed E-state index contributed by atoms with van der Waals surface area (Å²) >= 11 is 5.67. The first-order chi connectivity index (χ1) is 7.74. The largest absolute Gasteiger partial charge is 0.309 e. The number of aromatic nitrogens is 5. The van der Waals surface area contributed by atoms with Crippen molar-refractivity contribution in [2.24, 2.45) is 0 Å². The van der Waals surface area contributed by atoms with E-state index in [1.165, 1.54) is 11.0 Å². The summed E-state index contributed by atoms with van der Waals surface area (Å²) in [5.41, 5.74) is 0. The van der Waals surface area contributed by atoms with Gasteiger partial charge in [-0.1, -0.05) is 17.7 Å². The fourth-order valence-electron chi connectivity index (χ4n) is 1.06. The van der Waals surface area contributed by atoms with E-state index in [9.17, 15) is 4.79 Å². The smallest absolute Gasteiger partial charge is 0.247 e. The Bertz CT molecular complexity index is 485. The number of halogens is 1. The van der Waals surface area contributed by atoms with Crippen LogP contribution in [0.15, 0.2) is 24.5 Å². The number of hydrogen-bond acceptors (Lipinski definition) is 5.